The average Bonchev–Trinajstić information content (AvgIpc) is 3.52. The van der Waals surface area contributed by atoms with Gasteiger partial charge in [-0.3, -0.25) is 23.3 Å². The van der Waals surface area contributed by atoms with Crippen molar-refractivity contribution in [1.29, 1.82) is 0 Å². The standard InChI is InChI=1S/C34H31FN6O3/c1-34(2,32(43)37-22-9-7-6-8-10-22)31-38-26-18-21(20-11-14-24(25(35)17-20)30(42)36-3)12-15-27(26)41(31)23-13-16-28-29(19-23)40(5)33(44)39(28)4/h6-19H,1-5H3,(H,36,42)(H,37,43). The van der Waals surface area contributed by atoms with Crippen molar-refractivity contribution < 1.29 is 14.0 Å². The fraction of sp³-hybridized carbons (Fsp3) is 0.176. The molecule has 9 nitrogen and oxygen atoms in total. The summed E-state index contributed by atoms with van der Waals surface area (Å²) in [5.41, 5.74) is 4.21. The molecule has 0 spiro atoms. The van der Waals surface area contributed by atoms with Crippen LogP contribution in [0.3, 0.4) is 0 Å². The molecule has 0 fully saturated rings. The number of aromatic nitrogens is 4. The topological polar surface area (TPSA) is 103 Å². The molecular formula is C34H31FN6O3. The molecule has 2 heterocycles. The number of imidazole rings is 2. The molecule has 0 aliphatic rings. The van der Waals surface area contributed by atoms with Crippen LogP contribution in [0.25, 0.3) is 38.9 Å². The molecular weight excluding hydrogens is 559 g/mol. The highest BCUT2D eigenvalue weighted by Gasteiger charge is 2.36. The van der Waals surface area contributed by atoms with Gasteiger partial charge in [0.2, 0.25) is 5.91 Å². The van der Waals surface area contributed by atoms with Crippen molar-refractivity contribution in [2.24, 2.45) is 14.1 Å². The number of fused-ring (bicyclic) bond motifs is 2. The highest BCUT2D eigenvalue weighted by Crippen LogP contribution is 2.34. The third kappa shape index (κ3) is 4.64. The first kappa shape index (κ1) is 28.6. The van der Waals surface area contributed by atoms with Crippen LogP contribution in [-0.2, 0) is 24.3 Å². The van der Waals surface area contributed by atoms with E-state index in [2.05, 4.69) is 10.6 Å². The Labute approximate surface area is 252 Å². The first-order valence-corrected chi connectivity index (χ1v) is 14.1. The molecule has 2 amide bonds. The number of hydrogen-bond acceptors (Lipinski definition) is 4. The number of benzene rings is 4. The first-order valence-electron chi connectivity index (χ1n) is 14.1. The molecule has 0 atom stereocenters. The van der Waals surface area contributed by atoms with Crippen molar-refractivity contribution in [3.63, 3.8) is 0 Å². The molecule has 0 aliphatic heterocycles. The van der Waals surface area contributed by atoms with Gasteiger partial charge in [0.25, 0.3) is 5.91 Å². The molecule has 0 unspecified atom stereocenters. The van der Waals surface area contributed by atoms with Crippen LogP contribution >= 0.6 is 0 Å². The van der Waals surface area contributed by atoms with Gasteiger partial charge in [-0.1, -0.05) is 30.3 Å². The van der Waals surface area contributed by atoms with E-state index in [0.717, 1.165) is 22.2 Å². The maximum atomic E-state index is 14.8. The van der Waals surface area contributed by atoms with E-state index in [1.54, 1.807) is 29.3 Å². The lowest BCUT2D eigenvalue weighted by atomic mass is 9.90. The second kappa shape index (κ2) is 10.6. The summed E-state index contributed by atoms with van der Waals surface area (Å²) in [5, 5.41) is 5.44. The Morgan fingerprint density at radius 2 is 1.48 bits per heavy atom. The third-order valence-electron chi connectivity index (χ3n) is 8.10. The number of aryl methyl sites for hydroxylation is 2. The second-order valence-corrected chi connectivity index (χ2v) is 11.3. The van der Waals surface area contributed by atoms with Crippen LogP contribution in [0.5, 0.6) is 0 Å². The molecule has 2 N–H and O–H groups in total. The van der Waals surface area contributed by atoms with Gasteiger partial charge in [-0.05, 0) is 79.6 Å². The summed E-state index contributed by atoms with van der Waals surface area (Å²) in [4.78, 5) is 43.4. The minimum absolute atomic E-state index is 0.0409. The van der Waals surface area contributed by atoms with Crippen LogP contribution in [0.2, 0.25) is 0 Å². The van der Waals surface area contributed by atoms with Crippen LogP contribution in [0.4, 0.5) is 10.1 Å². The Morgan fingerprint density at radius 3 is 2.18 bits per heavy atom. The maximum Gasteiger partial charge on any atom is 0.328 e. The van der Waals surface area contributed by atoms with Gasteiger partial charge in [0, 0.05) is 32.5 Å². The number of carbonyl (C=O) groups is 2. The van der Waals surface area contributed by atoms with Crippen molar-refractivity contribution in [3.8, 4) is 16.8 Å². The summed E-state index contributed by atoms with van der Waals surface area (Å²) in [7, 11) is 4.90. The Bertz CT molecular complexity index is 2160. The number of para-hydroxylation sites is 1. The van der Waals surface area contributed by atoms with Crippen LogP contribution in [0.1, 0.15) is 30.0 Å². The number of rotatable bonds is 6. The zero-order valence-electron chi connectivity index (χ0n) is 25.0. The van der Waals surface area contributed by atoms with Crippen molar-refractivity contribution in [2.75, 3.05) is 12.4 Å². The van der Waals surface area contributed by atoms with E-state index in [4.69, 9.17) is 4.98 Å². The lowest BCUT2D eigenvalue weighted by molar-refractivity contribution is -0.120. The molecule has 2 aromatic heterocycles. The fourth-order valence-electron chi connectivity index (χ4n) is 5.50. The molecule has 0 bridgehead atoms. The summed E-state index contributed by atoms with van der Waals surface area (Å²) in [5.74, 6) is -0.898. The minimum atomic E-state index is -1.10. The van der Waals surface area contributed by atoms with E-state index in [1.165, 1.54) is 19.2 Å². The maximum absolute atomic E-state index is 14.8. The van der Waals surface area contributed by atoms with E-state index in [-0.39, 0.29) is 17.2 Å². The third-order valence-corrected chi connectivity index (χ3v) is 8.10. The molecule has 222 valence electrons. The smallest absolute Gasteiger partial charge is 0.328 e. The number of nitrogens with one attached hydrogen (secondary N) is 2. The van der Waals surface area contributed by atoms with E-state index in [0.29, 0.717) is 28.2 Å². The fourth-order valence-corrected chi connectivity index (χ4v) is 5.50. The van der Waals surface area contributed by atoms with E-state index in [1.807, 2.05) is 85.1 Å². The van der Waals surface area contributed by atoms with Gasteiger partial charge in [-0.2, -0.15) is 0 Å². The summed E-state index contributed by atoms with van der Waals surface area (Å²) < 4.78 is 19.9. The average molecular weight is 591 g/mol. The van der Waals surface area contributed by atoms with Gasteiger partial charge in [-0.25, -0.2) is 14.2 Å². The molecule has 0 radical (unpaired) electrons. The first-order chi connectivity index (χ1) is 21.0. The Hall–Kier alpha value is -5.51. The summed E-state index contributed by atoms with van der Waals surface area (Å²) in [6.07, 6.45) is 0. The molecule has 44 heavy (non-hydrogen) atoms. The molecule has 4 aromatic carbocycles. The Morgan fingerprint density at radius 1 is 0.818 bits per heavy atom. The van der Waals surface area contributed by atoms with Gasteiger partial charge in [0.1, 0.15) is 17.1 Å². The number of hydrogen-bond donors (Lipinski definition) is 2. The van der Waals surface area contributed by atoms with Crippen LogP contribution in [-0.4, -0.2) is 37.5 Å². The van der Waals surface area contributed by atoms with Crippen molar-refractivity contribution >= 4 is 39.6 Å². The lowest BCUT2D eigenvalue weighted by Gasteiger charge is -2.24. The molecule has 0 aliphatic carbocycles. The SMILES string of the molecule is CNC(=O)c1ccc(-c2ccc3c(c2)nc(C(C)(C)C(=O)Nc2ccccc2)n3-c2ccc3c(c2)n(C)c(=O)n3C)cc1F. The number of halogens is 1. The summed E-state index contributed by atoms with van der Waals surface area (Å²) >= 11 is 0. The highest BCUT2D eigenvalue weighted by atomic mass is 19.1. The molecule has 6 aromatic rings. The number of anilines is 1. The normalized spacial score (nSPS) is 11.7. The zero-order valence-corrected chi connectivity index (χ0v) is 25.0. The largest absolute Gasteiger partial charge is 0.355 e. The summed E-state index contributed by atoms with van der Waals surface area (Å²) in [6, 6.07) is 24.9. The second-order valence-electron chi connectivity index (χ2n) is 11.3. The predicted octanol–water partition coefficient (Wildman–Crippen LogP) is 5.30. The minimum Gasteiger partial charge on any atom is -0.355 e. The quantitative estimate of drug-likeness (QED) is 0.275. The van der Waals surface area contributed by atoms with Crippen molar-refractivity contribution in [2.45, 2.75) is 19.3 Å². The lowest BCUT2D eigenvalue weighted by Crippen LogP contribution is -2.37. The molecule has 0 saturated carbocycles. The van der Waals surface area contributed by atoms with E-state index < -0.39 is 17.1 Å². The van der Waals surface area contributed by atoms with Crippen LogP contribution < -0.4 is 16.3 Å². The van der Waals surface area contributed by atoms with Crippen molar-refractivity contribution in [1.82, 2.24) is 24.0 Å². The van der Waals surface area contributed by atoms with Gasteiger partial charge in [-0.15, -0.1) is 0 Å². The monoisotopic (exact) mass is 590 g/mol. The van der Waals surface area contributed by atoms with E-state index in [9.17, 15) is 18.8 Å². The molecule has 10 heteroatoms. The summed E-state index contributed by atoms with van der Waals surface area (Å²) in [6.45, 7) is 3.63. The Kier molecular flexibility index (Phi) is 6.92. The Balaban J connectivity index is 1.53. The van der Waals surface area contributed by atoms with Crippen LogP contribution in [0, 0.1) is 5.82 Å². The number of amides is 2. The predicted molar refractivity (Wildman–Crippen MR) is 170 cm³/mol. The number of nitrogens with zero attached hydrogens (tertiary/aromatic N) is 4. The van der Waals surface area contributed by atoms with Gasteiger partial charge in [0.15, 0.2) is 0 Å². The molecule has 0 saturated heterocycles. The van der Waals surface area contributed by atoms with Gasteiger partial charge in [0.05, 0.1) is 27.6 Å². The zero-order chi connectivity index (χ0) is 31.3. The van der Waals surface area contributed by atoms with Gasteiger partial charge < -0.3 is 10.6 Å². The number of carbonyl (C=O) groups excluding carboxylic acids is 2. The highest BCUT2D eigenvalue weighted by molar-refractivity contribution is 5.99. The van der Waals surface area contributed by atoms with Crippen LogP contribution in [0.15, 0.2) is 89.7 Å². The molecule has 6 rings (SSSR count). The van der Waals surface area contributed by atoms with Crippen molar-refractivity contribution in [3.05, 3.63) is 113 Å². The van der Waals surface area contributed by atoms with Gasteiger partial charge >= 0.3 is 5.69 Å². The van der Waals surface area contributed by atoms with E-state index >= 15 is 0 Å².